The average molecular weight is 300 g/mol. The van der Waals surface area contributed by atoms with Gasteiger partial charge >= 0.3 is 0 Å². The molecule has 2 aromatic rings. The first-order valence-corrected chi connectivity index (χ1v) is 8.52. The fraction of sp³-hybridized carbons (Fsp3) is 0.444. The van der Waals surface area contributed by atoms with Crippen molar-refractivity contribution in [3.05, 3.63) is 57.3 Å². The van der Waals surface area contributed by atoms with Gasteiger partial charge in [-0.3, -0.25) is 4.90 Å². The highest BCUT2D eigenvalue weighted by molar-refractivity contribution is 7.12. The van der Waals surface area contributed by atoms with Crippen LogP contribution in [-0.4, -0.2) is 24.5 Å². The second-order valence-electron chi connectivity index (χ2n) is 6.15. The Morgan fingerprint density at radius 1 is 1.19 bits per heavy atom. The highest BCUT2D eigenvalue weighted by Gasteiger charge is 2.32. The normalized spacial score (nSPS) is 22.8. The lowest BCUT2D eigenvalue weighted by Gasteiger charge is -2.16. The summed E-state index contributed by atoms with van der Waals surface area (Å²) < 4.78 is 0. The summed E-state index contributed by atoms with van der Waals surface area (Å²) in [7, 11) is 0. The Labute approximate surface area is 131 Å². The summed E-state index contributed by atoms with van der Waals surface area (Å²) in [5, 5.41) is 0. The molecule has 1 aliphatic heterocycles. The zero-order chi connectivity index (χ0) is 14.8. The summed E-state index contributed by atoms with van der Waals surface area (Å²) in [5.74, 6) is 1.16. The molecule has 0 unspecified atom stereocenters. The molecule has 2 N–H and O–H groups in total. The summed E-state index contributed by atoms with van der Waals surface area (Å²) in [4.78, 5) is 5.44. The van der Waals surface area contributed by atoms with Gasteiger partial charge < -0.3 is 5.73 Å². The van der Waals surface area contributed by atoms with Crippen LogP contribution in [0.3, 0.4) is 0 Å². The maximum atomic E-state index is 6.03. The molecule has 0 saturated carbocycles. The number of hydrogen-bond donors (Lipinski definition) is 1. The number of thiophene rings is 1. The van der Waals surface area contributed by atoms with Crippen LogP contribution in [0.15, 0.2) is 36.4 Å². The van der Waals surface area contributed by atoms with Gasteiger partial charge in [-0.15, -0.1) is 11.3 Å². The van der Waals surface area contributed by atoms with E-state index in [9.17, 15) is 0 Å². The van der Waals surface area contributed by atoms with Crippen LogP contribution >= 0.6 is 11.3 Å². The molecule has 2 heterocycles. The molecule has 112 valence electrons. The van der Waals surface area contributed by atoms with Crippen molar-refractivity contribution in [2.45, 2.75) is 26.3 Å². The summed E-state index contributed by atoms with van der Waals surface area (Å²) in [5.41, 5.74) is 8.95. The van der Waals surface area contributed by atoms with Gasteiger partial charge in [0.25, 0.3) is 0 Å². The van der Waals surface area contributed by atoms with Gasteiger partial charge in [-0.25, -0.2) is 0 Å². The fourth-order valence-corrected chi connectivity index (χ4v) is 4.43. The van der Waals surface area contributed by atoms with Crippen LogP contribution in [-0.2, 0) is 6.54 Å². The van der Waals surface area contributed by atoms with Crippen molar-refractivity contribution < 1.29 is 0 Å². The van der Waals surface area contributed by atoms with Crippen molar-refractivity contribution in [3.8, 4) is 0 Å². The molecule has 0 bridgehead atoms. The van der Waals surface area contributed by atoms with E-state index in [1.54, 1.807) is 0 Å². The molecule has 1 saturated heterocycles. The highest BCUT2D eigenvalue weighted by Crippen LogP contribution is 2.33. The van der Waals surface area contributed by atoms with Crippen LogP contribution in [0, 0.1) is 19.8 Å². The first-order valence-electron chi connectivity index (χ1n) is 7.70. The lowest BCUT2D eigenvalue weighted by atomic mass is 9.89. The summed E-state index contributed by atoms with van der Waals surface area (Å²) in [6.07, 6.45) is 0. The van der Waals surface area contributed by atoms with Crippen LogP contribution in [0.2, 0.25) is 0 Å². The standard InChI is InChI=1S/C18H24N2S/c1-13-8-16(14(2)21-13)10-20-11-17(9-19)18(12-20)15-6-4-3-5-7-15/h3-8,17-18H,9-12,19H2,1-2H3/t17-,18+/m1/s1. The Hall–Kier alpha value is -1.16. The van der Waals surface area contributed by atoms with E-state index in [0.29, 0.717) is 11.8 Å². The maximum absolute atomic E-state index is 6.03. The Morgan fingerprint density at radius 3 is 2.57 bits per heavy atom. The van der Waals surface area contributed by atoms with E-state index in [0.717, 1.165) is 26.2 Å². The molecule has 3 heteroatoms. The summed E-state index contributed by atoms with van der Waals surface area (Å²) in [6.45, 7) is 8.51. The minimum atomic E-state index is 0.576. The first-order chi connectivity index (χ1) is 10.2. The quantitative estimate of drug-likeness (QED) is 0.936. The maximum Gasteiger partial charge on any atom is 0.0245 e. The average Bonchev–Trinajstić information content (AvgIpc) is 3.03. The van der Waals surface area contributed by atoms with E-state index in [-0.39, 0.29) is 0 Å². The van der Waals surface area contributed by atoms with E-state index < -0.39 is 0 Å². The number of rotatable bonds is 4. The Morgan fingerprint density at radius 2 is 1.95 bits per heavy atom. The first kappa shape index (κ1) is 14.8. The second-order valence-corrected chi connectivity index (χ2v) is 7.61. The molecule has 21 heavy (non-hydrogen) atoms. The van der Waals surface area contributed by atoms with E-state index in [1.807, 2.05) is 11.3 Å². The van der Waals surface area contributed by atoms with E-state index in [4.69, 9.17) is 5.73 Å². The molecule has 1 fully saturated rings. The van der Waals surface area contributed by atoms with Gasteiger partial charge in [-0.1, -0.05) is 30.3 Å². The predicted molar refractivity (Wildman–Crippen MR) is 90.8 cm³/mol. The van der Waals surface area contributed by atoms with Crippen LogP contribution in [0.5, 0.6) is 0 Å². The third kappa shape index (κ3) is 3.20. The SMILES string of the molecule is Cc1cc(CN2C[C@@H](CN)[C@H](c3ccccc3)C2)c(C)s1. The van der Waals surface area contributed by atoms with Crippen LogP contribution < -0.4 is 5.73 Å². The minimum absolute atomic E-state index is 0.576. The van der Waals surface area contributed by atoms with E-state index >= 15 is 0 Å². The van der Waals surface area contributed by atoms with Crippen LogP contribution in [0.4, 0.5) is 0 Å². The lowest BCUT2D eigenvalue weighted by Crippen LogP contribution is -2.23. The molecule has 2 nitrogen and oxygen atoms in total. The smallest absolute Gasteiger partial charge is 0.0245 e. The summed E-state index contributed by atoms with van der Waals surface area (Å²) in [6, 6.07) is 13.2. The molecule has 1 aromatic carbocycles. The predicted octanol–water partition coefficient (Wildman–Crippen LogP) is 3.54. The molecule has 2 atom stereocenters. The monoisotopic (exact) mass is 300 g/mol. The number of likely N-dealkylation sites (tertiary alicyclic amines) is 1. The third-order valence-electron chi connectivity index (χ3n) is 4.58. The van der Waals surface area contributed by atoms with Gasteiger partial charge in [0.1, 0.15) is 0 Å². The lowest BCUT2D eigenvalue weighted by molar-refractivity contribution is 0.316. The van der Waals surface area contributed by atoms with Crippen molar-refractivity contribution in [1.29, 1.82) is 0 Å². The molecule has 0 radical (unpaired) electrons. The zero-order valence-electron chi connectivity index (χ0n) is 12.9. The molecule has 0 aliphatic carbocycles. The van der Waals surface area contributed by atoms with Crippen LogP contribution in [0.25, 0.3) is 0 Å². The van der Waals surface area contributed by atoms with Crippen molar-refractivity contribution in [3.63, 3.8) is 0 Å². The van der Waals surface area contributed by atoms with Crippen molar-refractivity contribution in [1.82, 2.24) is 4.90 Å². The molecule has 1 aliphatic rings. The van der Waals surface area contributed by atoms with Crippen molar-refractivity contribution in [2.24, 2.45) is 11.7 Å². The van der Waals surface area contributed by atoms with Crippen molar-refractivity contribution >= 4 is 11.3 Å². The second kappa shape index (κ2) is 6.30. The molecule has 0 spiro atoms. The topological polar surface area (TPSA) is 29.3 Å². The third-order valence-corrected chi connectivity index (χ3v) is 5.59. The van der Waals surface area contributed by atoms with Gasteiger partial charge in [-0.05, 0) is 43.5 Å². The number of nitrogens with two attached hydrogens (primary N) is 1. The molecule has 0 amide bonds. The van der Waals surface area contributed by atoms with E-state index in [1.165, 1.54) is 20.9 Å². The molecule has 1 aromatic heterocycles. The van der Waals surface area contributed by atoms with E-state index in [2.05, 4.69) is 55.1 Å². The number of hydrogen-bond acceptors (Lipinski definition) is 3. The zero-order valence-corrected chi connectivity index (χ0v) is 13.7. The van der Waals surface area contributed by atoms with Gasteiger partial charge in [0.2, 0.25) is 0 Å². The largest absolute Gasteiger partial charge is 0.330 e. The van der Waals surface area contributed by atoms with Gasteiger partial charge in [0, 0.05) is 35.3 Å². The fourth-order valence-electron chi connectivity index (χ4n) is 3.49. The number of aryl methyl sites for hydroxylation is 2. The Balaban J connectivity index is 1.74. The summed E-state index contributed by atoms with van der Waals surface area (Å²) >= 11 is 1.90. The molecular weight excluding hydrogens is 276 g/mol. The highest BCUT2D eigenvalue weighted by atomic mass is 32.1. The van der Waals surface area contributed by atoms with Crippen LogP contribution in [0.1, 0.15) is 26.8 Å². The molecule has 3 rings (SSSR count). The Kier molecular flexibility index (Phi) is 4.43. The van der Waals surface area contributed by atoms with Crippen molar-refractivity contribution in [2.75, 3.05) is 19.6 Å². The minimum Gasteiger partial charge on any atom is -0.330 e. The van der Waals surface area contributed by atoms with Gasteiger partial charge in [-0.2, -0.15) is 0 Å². The number of benzene rings is 1. The van der Waals surface area contributed by atoms with Gasteiger partial charge in [0.05, 0.1) is 0 Å². The molecular formula is C18H24N2S. The number of nitrogens with zero attached hydrogens (tertiary/aromatic N) is 1. The van der Waals surface area contributed by atoms with Gasteiger partial charge in [0.15, 0.2) is 0 Å². The Bertz CT molecular complexity index is 591.